The molecule has 0 radical (unpaired) electrons. The van der Waals surface area contributed by atoms with Crippen LogP contribution in [0.5, 0.6) is 0 Å². The van der Waals surface area contributed by atoms with Gasteiger partial charge < -0.3 is 26.6 Å². The highest BCUT2D eigenvalue weighted by Gasteiger charge is 2.72. The van der Waals surface area contributed by atoms with Gasteiger partial charge in [0.15, 0.2) is 0 Å². The molecule has 0 aromatic heterocycles. The smallest absolute Gasteiger partial charge is 0.352 e. The molecule has 0 spiro atoms. The normalized spacial score (nSPS) is 28.0. The fraction of sp³-hybridized carbons (Fsp3) is 1.00. The van der Waals surface area contributed by atoms with Gasteiger partial charge in [0.05, 0.1) is 18.7 Å². The van der Waals surface area contributed by atoms with Crippen LogP contribution in [0.1, 0.15) is 122 Å². The number of rotatable bonds is 15. The van der Waals surface area contributed by atoms with E-state index in [1.54, 1.807) is 0 Å². The fourth-order valence-electron chi connectivity index (χ4n) is 3.97. The van der Waals surface area contributed by atoms with Gasteiger partial charge in [-0.15, -0.1) is 0 Å². The van der Waals surface area contributed by atoms with Gasteiger partial charge in [0.25, 0.3) is 0 Å². The van der Waals surface area contributed by atoms with E-state index in [9.17, 15) is 0 Å². The number of unbranched alkanes of at least 4 members (excludes halogenated alkanes) is 3. The van der Waals surface area contributed by atoms with Crippen molar-refractivity contribution >= 4 is 25.7 Å². The quantitative estimate of drug-likeness (QED) is 0.149. The summed E-state index contributed by atoms with van der Waals surface area (Å²) in [7, 11) is -8.84. The van der Waals surface area contributed by atoms with Crippen LogP contribution in [0.2, 0.25) is 15.1 Å². The fourth-order valence-corrected chi connectivity index (χ4v) is 23.3. The van der Waals surface area contributed by atoms with E-state index in [1.165, 1.54) is 0 Å². The second kappa shape index (κ2) is 14.2. The largest absolute Gasteiger partial charge is 0.412 e. The van der Waals surface area contributed by atoms with Crippen molar-refractivity contribution in [3.63, 3.8) is 0 Å². The Morgan fingerprint density at radius 3 is 0.833 bits per heavy atom. The Bertz CT molecular complexity index is 533. The molecule has 0 aromatic carbocycles. The van der Waals surface area contributed by atoms with E-state index in [0.29, 0.717) is 18.7 Å². The van der Waals surface area contributed by atoms with Gasteiger partial charge in [-0.2, -0.15) is 0 Å². The van der Waals surface area contributed by atoms with E-state index in [2.05, 4.69) is 83.1 Å². The molecule has 1 rings (SSSR count). The maximum Gasteiger partial charge on any atom is 0.352 e. The molecule has 0 amide bonds. The standard InChI is InChI=1S/C27H60O6Si3/c1-13-16-19-28-22-34(25(4,5)6)31-35(26(7,8)9,23-29-20-17-14-2)33-36(32-34,27(10,11)12)24-30-21-18-15-3/h13-24H2,1-12H3. The van der Waals surface area contributed by atoms with Crippen molar-refractivity contribution in [2.75, 3.05) is 38.5 Å². The van der Waals surface area contributed by atoms with Crippen molar-refractivity contribution in [2.24, 2.45) is 0 Å². The second-order valence-corrected chi connectivity index (χ2v) is 25.9. The Morgan fingerprint density at radius 2 is 0.667 bits per heavy atom. The number of hydrogen-bond donors (Lipinski definition) is 0. The van der Waals surface area contributed by atoms with Gasteiger partial charge in [-0.05, 0) is 19.3 Å². The van der Waals surface area contributed by atoms with Crippen LogP contribution in [0.3, 0.4) is 0 Å². The van der Waals surface area contributed by atoms with Gasteiger partial charge in [-0.25, -0.2) is 0 Å². The van der Waals surface area contributed by atoms with E-state index in [-0.39, 0.29) is 15.1 Å². The molecule has 9 heteroatoms. The van der Waals surface area contributed by atoms with Gasteiger partial charge in [0, 0.05) is 34.9 Å². The van der Waals surface area contributed by atoms with E-state index in [1.807, 2.05) is 0 Å². The first-order chi connectivity index (χ1) is 16.6. The highest BCUT2D eigenvalue weighted by Crippen LogP contribution is 2.55. The van der Waals surface area contributed by atoms with Gasteiger partial charge in [-0.1, -0.05) is 102 Å². The highest BCUT2D eigenvalue weighted by molar-refractivity contribution is 6.97. The summed E-state index contributed by atoms with van der Waals surface area (Å²) in [5, 5.41) is -0.617. The predicted molar refractivity (Wildman–Crippen MR) is 157 cm³/mol. The zero-order valence-electron chi connectivity index (χ0n) is 25.9. The van der Waals surface area contributed by atoms with Gasteiger partial charge >= 0.3 is 25.7 Å². The van der Waals surface area contributed by atoms with Crippen molar-refractivity contribution in [2.45, 2.75) is 137 Å². The molecule has 0 atom stereocenters. The Hall–Kier alpha value is 0.411. The molecular formula is C27H60O6Si3. The third-order valence-electron chi connectivity index (χ3n) is 7.22. The van der Waals surface area contributed by atoms with E-state index >= 15 is 0 Å². The first-order valence-corrected chi connectivity index (χ1v) is 20.5. The molecule has 0 saturated carbocycles. The molecule has 1 saturated heterocycles. The minimum atomic E-state index is -2.95. The maximum atomic E-state index is 7.39. The summed E-state index contributed by atoms with van der Waals surface area (Å²) < 4.78 is 41.3. The van der Waals surface area contributed by atoms with Crippen LogP contribution in [-0.2, 0) is 26.6 Å². The Kier molecular flexibility index (Phi) is 13.5. The minimum Gasteiger partial charge on any atom is -0.412 e. The van der Waals surface area contributed by atoms with Crippen molar-refractivity contribution < 1.29 is 26.6 Å². The average molecular weight is 565 g/mol. The van der Waals surface area contributed by atoms with Crippen molar-refractivity contribution in [1.82, 2.24) is 0 Å². The summed E-state index contributed by atoms with van der Waals surface area (Å²) in [5.74, 6) is 0. The summed E-state index contributed by atoms with van der Waals surface area (Å²) in [4.78, 5) is 0. The van der Waals surface area contributed by atoms with Crippen LogP contribution in [0.15, 0.2) is 0 Å². The lowest BCUT2D eigenvalue weighted by Gasteiger charge is -2.62. The first-order valence-electron chi connectivity index (χ1n) is 14.4. The van der Waals surface area contributed by atoms with Crippen molar-refractivity contribution in [1.29, 1.82) is 0 Å². The van der Waals surface area contributed by atoms with Crippen LogP contribution in [-0.4, -0.2) is 64.2 Å². The minimum absolute atomic E-state index is 0.206. The van der Waals surface area contributed by atoms with Gasteiger partial charge in [0.2, 0.25) is 0 Å². The van der Waals surface area contributed by atoms with Crippen LogP contribution in [0.4, 0.5) is 0 Å². The topological polar surface area (TPSA) is 55.4 Å². The Balaban J connectivity index is 3.67. The van der Waals surface area contributed by atoms with E-state index in [0.717, 1.165) is 58.3 Å². The van der Waals surface area contributed by atoms with Gasteiger partial charge in [0.1, 0.15) is 0 Å². The van der Waals surface area contributed by atoms with Crippen molar-refractivity contribution in [3.8, 4) is 0 Å². The summed E-state index contributed by atoms with van der Waals surface area (Å²) in [5.41, 5.74) is 0. The molecule has 6 nitrogen and oxygen atoms in total. The molecule has 36 heavy (non-hydrogen) atoms. The molecule has 1 aliphatic heterocycles. The average Bonchev–Trinajstić information content (AvgIpc) is 2.75. The Morgan fingerprint density at radius 1 is 0.444 bits per heavy atom. The molecule has 0 aliphatic carbocycles. The molecule has 216 valence electrons. The summed E-state index contributed by atoms with van der Waals surface area (Å²) in [6, 6.07) is 0. The molecule has 1 fully saturated rings. The van der Waals surface area contributed by atoms with Crippen LogP contribution >= 0.6 is 0 Å². The molecule has 0 bridgehead atoms. The zero-order valence-corrected chi connectivity index (χ0v) is 28.9. The zero-order chi connectivity index (χ0) is 27.7. The predicted octanol–water partition coefficient (Wildman–Crippen LogP) is 7.84. The third kappa shape index (κ3) is 8.71. The van der Waals surface area contributed by atoms with Crippen LogP contribution in [0.25, 0.3) is 0 Å². The summed E-state index contributed by atoms with van der Waals surface area (Å²) in [6.07, 6.45) is 7.96. The molecule has 0 unspecified atom stereocenters. The summed E-state index contributed by atoms with van der Waals surface area (Å²) >= 11 is 0. The van der Waals surface area contributed by atoms with E-state index < -0.39 is 25.7 Å². The van der Waals surface area contributed by atoms with Gasteiger partial charge in [-0.3, -0.25) is 0 Å². The number of ether oxygens (including phenoxy) is 3. The summed E-state index contributed by atoms with van der Waals surface area (Å²) in [6.45, 7) is 29.1. The van der Waals surface area contributed by atoms with E-state index in [4.69, 9.17) is 26.6 Å². The van der Waals surface area contributed by atoms with Crippen LogP contribution in [0, 0.1) is 0 Å². The lowest BCUT2D eigenvalue weighted by molar-refractivity contribution is 0.0611. The monoisotopic (exact) mass is 564 g/mol. The number of hydrogen-bond acceptors (Lipinski definition) is 6. The molecule has 1 heterocycles. The van der Waals surface area contributed by atoms with Crippen LogP contribution < -0.4 is 0 Å². The highest BCUT2D eigenvalue weighted by atomic mass is 28.5. The third-order valence-corrected chi connectivity index (χ3v) is 23.7. The SMILES string of the molecule is CCCCOC[Si]1(C(C)(C)C)O[Si](COCCCC)(C(C)(C)C)O[Si](COCCCC)(C(C)(C)C)O1. The Labute approximate surface area is 227 Å². The first kappa shape index (κ1) is 34.4. The molecule has 1 aliphatic rings. The van der Waals surface area contributed by atoms with Crippen molar-refractivity contribution in [3.05, 3.63) is 0 Å². The second-order valence-electron chi connectivity index (χ2n) is 13.5. The lowest BCUT2D eigenvalue weighted by atomic mass is 10.2. The molecule has 0 N–H and O–H groups in total. The lowest BCUT2D eigenvalue weighted by Crippen LogP contribution is -2.80. The maximum absolute atomic E-state index is 7.39. The molecular weight excluding hydrogens is 505 g/mol. The molecule has 0 aromatic rings.